The van der Waals surface area contributed by atoms with Crippen molar-refractivity contribution in [2.45, 2.75) is 19.3 Å². The van der Waals surface area contributed by atoms with E-state index in [1.165, 1.54) is 0 Å². The van der Waals surface area contributed by atoms with Crippen LogP contribution in [-0.2, 0) is 9.53 Å². The Kier molecular flexibility index (Phi) is 4.82. The highest BCUT2D eigenvalue weighted by Gasteiger charge is 2.15. The number of hydrogen-bond acceptors (Lipinski definition) is 3. The minimum atomic E-state index is -0.0867. The fourth-order valence-electron chi connectivity index (χ4n) is 1.45. The van der Waals surface area contributed by atoms with Crippen LogP contribution in [0, 0.1) is 5.92 Å². The number of nitrogens with two attached hydrogens (primary N) is 1. The summed E-state index contributed by atoms with van der Waals surface area (Å²) in [5, 5.41) is 2.78. The van der Waals surface area contributed by atoms with Gasteiger partial charge in [0.25, 0.3) is 0 Å². The molecule has 0 aromatic carbocycles. The summed E-state index contributed by atoms with van der Waals surface area (Å²) in [6.07, 6.45) is 2.23. The molecule has 0 bridgehead atoms. The maximum atomic E-state index is 11.1. The second kappa shape index (κ2) is 5.93. The van der Waals surface area contributed by atoms with Gasteiger partial charge in [-0.15, -0.1) is 0 Å². The Morgan fingerprint density at radius 1 is 1.64 bits per heavy atom. The van der Waals surface area contributed by atoms with Crippen molar-refractivity contribution in [1.82, 2.24) is 5.32 Å². The van der Waals surface area contributed by atoms with E-state index in [-0.39, 0.29) is 17.3 Å². The highest BCUT2D eigenvalue weighted by atomic mass is 32.1. The first-order valence-electron chi connectivity index (χ1n) is 4.81. The lowest BCUT2D eigenvalue weighted by molar-refractivity contribution is -0.119. The molecule has 0 aliphatic carbocycles. The van der Waals surface area contributed by atoms with E-state index in [0.29, 0.717) is 12.5 Å². The van der Waals surface area contributed by atoms with Crippen LogP contribution >= 0.6 is 12.2 Å². The summed E-state index contributed by atoms with van der Waals surface area (Å²) < 4.78 is 5.23. The normalized spacial score (nSPS) is 20.7. The average Bonchev–Trinajstić information content (AvgIpc) is 2.55. The molecule has 0 saturated carbocycles. The van der Waals surface area contributed by atoms with Crippen molar-refractivity contribution in [3.05, 3.63) is 0 Å². The van der Waals surface area contributed by atoms with Crippen molar-refractivity contribution < 1.29 is 9.53 Å². The number of carbonyl (C=O) groups excluding carboxylic acids is 1. The first-order valence-corrected chi connectivity index (χ1v) is 5.22. The van der Waals surface area contributed by atoms with Gasteiger partial charge in [0.1, 0.15) is 0 Å². The van der Waals surface area contributed by atoms with Crippen LogP contribution in [0.2, 0.25) is 0 Å². The van der Waals surface area contributed by atoms with Gasteiger partial charge in [-0.1, -0.05) is 12.2 Å². The van der Waals surface area contributed by atoms with E-state index >= 15 is 0 Å². The fourth-order valence-corrected chi connectivity index (χ4v) is 1.58. The van der Waals surface area contributed by atoms with Crippen LogP contribution in [0.3, 0.4) is 0 Å². The molecule has 1 rings (SSSR count). The summed E-state index contributed by atoms with van der Waals surface area (Å²) in [5.41, 5.74) is 5.24. The Morgan fingerprint density at radius 2 is 2.43 bits per heavy atom. The average molecular weight is 216 g/mol. The Morgan fingerprint density at radius 3 is 3.00 bits per heavy atom. The third-order valence-corrected chi connectivity index (χ3v) is 2.38. The Labute approximate surface area is 89.2 Å². The maximum Gasteiger partial charge on any atom is 0.226 e. The highest BCUT2D eigenvalue weighted by molar-refractivity contribution is 7.80. The number of ether oxygens (including phenoxy) is 1. The molecule has 0 radical (unpaired) electrons. The summed E-state index contributed by atoms with van der Waals surface area (Å²) in [7, 11) is 0. The first kappa shape index (κ1) is 11.4. The fraction of sp³-hybridized carbons (Fsp3) is 0.778. The molecule has 14 heavy (non-hydrogen) atoms. The van der Waals surface area contributed by atoms with Crippen molar-refractivity contribution in [2.75, 3.05) is 19.8 Å². The van der Waals surface area contributed by atoms with Crippen molar-refractivity contribution in [2.24, 2.45) is 11.7 Å². The van der Waals surface area contributed by atoms with Gasteiger partial charge in [0.2, 0.25) is 5.91 Å². The molecule has 1 amide bonds. The molecule has 0 aromatic rings. The maximum absolute atomic E-state index is 11.1. The summed E-state index contributed by atoms with van der Waals surface area (Å²) in [4.78, 5) is 11.4. The predicted octanol–water partition coefficient (Wildman–Crippen LogP) is 0.205. The molecule has 1 aliphatic rings. The molecule has 0 spiro atoms. The van der Waals surface area contributed by atoms with Crippen LogP contribution in [0.15, 0.2) is 0 Å². The van der Waals surface area contributed by atoms with Crippen LogP contribution in [0.5, 0.6) is 0 Å². The molecular weight excluding hydrogens is 200 g/mol. The van der Waals surface area contributed by atoms with E-state index in [1.54, 1.807) is 0 Å². The standard InChI is InChI=1S/C9H16N2O2S/c10-8(14)5-9(12)11-3-1-7-2-4-13-6-7/h7H,1-6H2,(H2,10,14)(H,11,12). The number of carbonyl (C=O) groups is 1. The zero-order valence-corrected chi connectivity index (χ0v) is 8.94. The van der Waals surface area contributed by atoms with E-state index in [0.717, 1.165) is 26.1 Å². The molecular formula is C9H16N2O2S. The van der Waals surface area contributed by atoms with Gasteiger partial charge in [0.05, 0.1) is 11.4 Å². The van der Waals surface area contributed by atoms with Crippen molar-refractivity contribution in [1.29, 1.82) is 0 Å². The van der Waals surface area contributed by atoms with Gasteiger partial charge >= 0.3 is 0 Å². The molecule has 0 aromatic heterocycles. The monoisotopic (exact) mass is 216 g/mol. The zero-order valence-electron chi connectivity index (χ0n) is 8.12. The topological polar surface area (TPSA) is 64.4 Å². The number of hydrogen-bond donors (Lipinski definition) is 2. The minimum Gasteiger partial charge on any atom is -0.393 e. The lowest BCUT2D eigenvalue weighted by Crippen LogP contribution is -2.29. The number of amides is 1. The summed E-state index contributed by atoms with van der Waals surface area (Å²) in [5.74, 6) is 0.511. The second-order valence-corrected chi connectivity index (χ2v) is 4.04. The smallest absolute Gasteiger partial charge is 0.226 e. The molecule has 5 heteroatoms. The quantitative estimate of drug-likeness (QED) is 0.645. The predicted molar refractivity (Wildman–Crippen MR) is 58.0 cm³/mol. The number of nitrogens with one attached hydrogen (secondary N) is 1. The zero-order chi connectivity index (χ0) is 10.4. The van der Waals surface area contributed by atoms with E-state index in [1.807, 2.05) is 0 Å². The van der Waals surface area contributed by atoms with Crippen LogP contribution in [0.1, 0.15) is 19.3 Å². The van der Waals surface area contributed by atoms with Gasteiger partial charge in [0.15, 0.2) is 0 Å². The molecule has 4 nitrogen and oxygen atoms in total. The first-order chi connectivity index (χ1) is 6.68. The van der Waals surface area contributed by atoms with E-state index in [4.69, 9.17) is 10.5 Å². The van der Waals surface area contributed by atoms with Gasteiger partial charge in [-0.3, -0.25) is 4.79 Å². The lowest BCUT2D eigenvalue weighted by Gasteiger charge is -2.08. The molecule has 1 saturated heterocycles. The van der Waals surface area contributed by atoms with Gasteiger partial charge < -0.3 is 15.8 Å². The molecule has 80 valence electrons. The summed E-state index contributed by atoms with van der Waals surface area (Å²) in [6.45, 7) is 2.37. The van der Waals surface area contributed by atoms with E-state index in [9.17, 15) is 4.79 Å². The van der Waals surface area contributed by atoms with Crippen LogP contribution in [0.25, 0.3) is 0 Å². The third-order valence-electron chi connectivity index (χ3n) is 2.23. The van der Waals surface area contributed by atoms with Gasteiger partial charge in [-0.25, -0.2) is 0 Å². The molecule has 1 atom stereocenters. The SMILES string of the molecule is NC(=S)CC(=O)NCCC1CCOC1. The Bertz CT molecular complexity index is 215. The molecule has 1 unspecified atom stereocenters. The van der Waals surface area contributed by atoms with Crippen molar-refractivity contribution >= 4 is 23.1 Å². The van der Waals surface area contributed by atoms with Gasteiger partial charge in [0, 0.05) is 19.8 Å². The second-order valence-electron chi connectivity index (χ2n) is 3.51. The summed E-state index contributed by atoms with van der Waals surface area (Å²) in [6, 6.07) is 0. The Hall–Kier alpha value is -0.680. The van der Waals surface area contributed by atoms with Crippen LogP contribution in [-0.4, -0.2) is 30.7 Å². The number of thiocarbonyl (C=S) groups is 1. The molecule has 1 heterocycles. The van der Waals surface area contributed by atoms with Gasteiger partial charge in [-0.05, 0) is 18.8 Å². The molecule has 3 N–H and O–H groups in total. The third kappa shape index (κ3) is 4.53. The van der Waals surface area contributed by atoms with Crippen LogP contribution in [0.4, 0.5) is 0 Å². The molecule has 1 fully saturated rings. The Balaban J connectivity index is 2.02. The van der Waals surface area contributed by atoms with Gasteiger partial charge in [-0.2, -0.15) is 0 Å². The minimum absolute atomic E-state index is 0.0867. The largest absolute Gasteiger partial charge is 0.393 e. The van der Waals surface area contributed by atoms with Crippen molar-refractivity contribution in [3.8, 4) is 0 Å². The highest BCUT2D eigenvalue weighted by Crippen LogP contribution is 2.14. The lowest BCUT2D eigenvalue weighted by atomic mass is 10.1. The van der Waals surface area contributed by atoms with E-state index in [2.05, 4.69) is 17.5 Å². The molecule has 1 aliphatic heterocycles. The number of rotatable bonds is 5. The van der Waals surface area contributed by atoms with Crippen molar-refractivity contribution in [3.63, 3.8) is 0 Å². The summed E-state index contributed by atoms with van der Waals surface area (Å²) >= 11 is 4.63. The van der Waals surface area contributed by atoms with Crippen LogP contribution < -0.4 is 11.1 Å². The van der Waals surface area contributed by atoms with E-state index < -0.39 is 0 Å².